The van der Waals surface area contributed by atoms with E-state index in [1.807, 2.05) is 6.07 Å². The van der Waals surface area contributed by atoms with Crippen LogP contribution < -0.4 is 5.32 Å². The lowest BCUT2D eigenvalue weighted by molar-refractivity contribution is 0.781. The van der Waals surface area contributed by atoms with Crippen LogP contribution >= 0.6 is 0 Å². The van der Waals surface area contributed by atoms with Crippen molar-refractivity contribution in [2.45, 2.75) is 13.0 Å². The molecule has 0 fully saturated rings. The van der Waals surface area contributed by atoms with Gasteiger partial charge in [0.25, 0.3) is 0 Å². The molecule has 178 valence electrons. The first-order valence-electron chi connectivity index (χ1n) is 12.7. The van der Waals surface area contributed by atoms with E-state index < -0.39 is 0 Å². The molecule has 5 aromatic rings. The second-order valence-corrected chi connectivity index (χ2v) is 9.44. The normalized spacial score (nSPS) is 14.9. The van der Waals surface area contributed by atoms with Crippen LogP contribution in [0.1, 0.15) is 28.3 Å². The summed E-state index contributed by atoms with van der Waals surface area (Å²) in [6.45, 7) is 2.13. The van der Waals surface area contributed by atoms with Crippen LogP contribution in [0.15, 0.2) is 145 Å². The minimum atomic E-state index is 0.00940. The van der Waals surface area contributed by atoms with Gasteiger partial charge in [-0.25, -0.2) is 4.99 Å². The summed E-state index contributed by atoms with van der Waals surface area (Å²) in [5.41, 5.74) is 10.5. The summed E-state index contributed by atoms with van der Waals surface area (Å²) in [6.07, 6.45) is 2.24. The van der Waals surface area contributed by atoms with Gasteiger partial charge in [-0.15, -0.1) is 0 Å². The summed E-state index contributed by atoms with van der Waals surface area (Å²) in [4.78, 5) is 5.08. The summed E-state index contributed by atoms with van der Waals surface area (Å²) >= 11 is 0. The van der Waals surface area contributed by atoms with E-state index in [2.05, 4.69) is 146 Å². The Morgan fingerprint density at radius 2 is 1.08 bits per heavy atom. The smallest absolute Gasteiger partial charge is 0.134 e. The van der Waals surface area contributed by atoms with Gasteiger partial charge in [-0.05, 0) is 46.9 Å². The van der Waals surface area contributed by atoms with Gasteiger partial charge in [-0.2, -0.15) is 0 Å². The molecule has 0 bridgehead atoms. The van der Waals surface area contributed by atoms with Gasteiger partial charge >= 0.3 is 0 Å². The fourth-order valence-electron chi connectivity index (χ4n) is 4.82. The zero-order chi connectivity index (χ0) is 25.0. The second-order valence-electron chi connectivity index (χ2n) is 9.44. The van der Waals surface area contributed by atoms with Crippen molar-refractivity contribution in [2.75, 3.05) is 0 Å². The minimum absolute atomic E-state index is 0.00940. The van der Waals surface area contributed by atoms with E-state index in [1.165, 1.54) is 33.4 Å². The molecule has 1 heterocycles. The van der Waals surface area contributed by atoms with Crippen molar-refractivity contribution < 1.29 is 0 Å². The molecule has 0 aliphatic carbocycles. The number of hydrogen-bond acceptors (Lipinski definition) is 2. The lowest BCUT2D eigenvalue weighted by Gasteiger charge is -2.25. The van der Waals surface area contributed by atoms with Gasteiger partial charge in [0, 0.05) is 11.1 Å². The highest BCUT2D eigenvalue weighted by Gasteiger charge is 2.20. The van der Waals surface area contributed by atoms with Gasteiger partial charge in [-0.3, -0.25) is 0 Å². The summed E-state index contributed by atoms with van der Waals surface area (Å²) in [6, 6.07) is 47.0. The van der Waals surface area contributed by atoms with Crippen LogP contribution in [0.3, 0.4) is 0 Å². The Kier molecular flexibility index (Phi) is 6.22. The molecule has 0 aromatic heterocycles. The molecule has 5 aromatic carbocycles. The highest BCUT2D eigenvalue weighted by atomic mass is 15.0. The quantitative estimate of drug-likeness (QED) is 0.270. The largest absolute Gasteiger partial charge is 0.359 e. The monoisotopic (exact) mass is 476 g/mol. The number of benzene rings is 5. The van der Waals surface area contributed by atoms with Gasteiger partial charge < -0.3 is 5.32 Å². The third-order valence-corrected chi connectivity index (χ3v) is 6.78. The number of amidine groups is 1. The Morgan fingerprint density at radius 3 is 1.78 bits per heavy atom. The molecule has 6 rings (SSSR count). The molecule has 0 amide bonds. The van der Waals surface area contributed by atoms with Crippen LogP contribution in [0.25, 0.3) is 28.0 Å². The van der Waals surface area contributed by atoms with Gasteiger partial charge in [0.05, 0.1) is 11.7 Å². The van der Waals surface area contributed by atoms with E-state index in [1.54, 1.807) is 0 Å². The third kappa shape index (κ3) is 5.00. The molecular weight excluding hydrogens is 448 g/mol. The van der Waals surface area contributed by atoms with Crippen LogP contribution in [-0.4, -0.2) is 5.84 Å². The predicted octanol–water partition coefficient (Wildman–Crippen LogP) is 8.46. The Bertz CT molecular complexity index is 1580. The average molecular weight is 477 g/mol. The summed E-state index contributed by atoms with van der Waals surface area (Å²) in [5, 5.41) is 3.67. The van der Waals surface area contributed by atoms with E-state index in [9.17, 15) is 0 Å². The van der Waals surface area contributed by atoms with Crippen molar-refractivity contribution in [3.8, 4) is 22.3 Å². The second kappa shape index (κ2) is 10.1. The zero-order valence-electron chi connectivity index (χ0n) is 20.8. The molecule has 0 radical (unpaired) electrons. The van der Waals surface area contributed by atoms with Crippen molar-refractivity contribution in [2.24, 2.45) is 4.99 Å². The Balaban J connectivity index is 1.39. The van der Waals surface area contributed by atoms with Gasteiger partial charge in [-0.1, -0.05) is 133 Å². The standard InChI is InChI=1S/C35H28N2/c1-25-10-8-15-30(22-25)31-16-9-17-32(23-31)34-24-33(36-35(37-34)29-13-6-3-7-14-29)28-20-18-27(19-21-28)26-11-4-2-5-12-26/h2-24,33H,1H3,(H,36,37). The van der Waals surface area contributed by atoms with Crippen molar-refractivity contribution in [3.63, 3.8) is 0 Å². The zero-order valence-corrected chi connectivity index (χ0v) is 20.8. The Labute approximate surface area is 218 Å². The van der Waals surface area contributed by atoms with Crippen LogP contribution in [0.2, 0.25) is 0 Å². The maximum Gasteiger partial charge on any atom is 0.134 e. The first-order valence-corrected chi connectivity index (χ1v) is 12.7. The van der Waals surface area contributed by atoms with Gasteiger partial charge in [0.2, 0.25) is 0 Å². The lowest BCUT2D eigenvalue weighted by atomic mass is 9.96. The lowest BCUT2D eigenvalue weighted by Crippen LogP contribution is -2.31. The molecule has 0 spiro atoms. The SMILES string of the molecule is Cc1cccc(-c2cccc(C3=CC(c4ccc(-c5ccccc5)cc4)NC(c4ccccc4)=N3)c2)c1. The van der Waals surface area contributed by atoms with Crippen molar-refractivity contribution in [1.82, 2.24) is 5.32 Å². The van der Waals surface area contributed by atoms with E-state index in [4.69, 9.17) is 4.99 Å². The molecule has 0 saturated heterocycles. The van der Waals surface area contributed by atoms with Crippen LogP contribution in [0.4, 0.5) is 0 Å². The van der Waals surface area contributed by atoms with E-state index in [-0.39, 0.29) is 6.04 Å². The van der Waals surface area contributed by atoms with E-state index in [0.717, 1.165) is 22.7 Å². The number of nitrogens with zero attached hydrogens (tertiary/aromatic N) is 1. The first-order chi connectivity index (χ1) is 18.2. The molecule has 1 unspecified atom stereocenters. The highest BCUT2D eigenvalue weighted by molar-refractivity contribution is 6.03. The van der Waals surface area contributed by atoms with Crippen molar-refractivity contribution >= 4 is 11.5 Å². The third-order valence-electron chi connectivity index (χ3n) is 6.78. The molecule has 2 nitrogen and oxygen atoms in total. The molecule has 2 heteroatoms. The topological polar surface area (TPSA) is 24.4 Å². The van der Waals surface area contributed by atoms with E-state index >= 15 is 0 Å². The number of nitrogens with one attached hydrogen (secondary N) is 1. The molecule has 1 aliphatic heterocycles. The molecular formula is C35H28N2. The van der Waals surface area contributed by atoms with Crippen LogP contribution in [0.5, 0.6) is 0 Å². The first kappa shape index (κ1) is 22.8. The summed E-state index contributed by atoms with van der Waals surface area (Å²) in [7, 11) is 0. The van der Waals surface area contributed by atoms with Gasteiger partial charge in [0.15, 0.2) is 0 Å². The predicted molar refractivity (Wildman–Crippen MR) is 155 cm³/mol. The highest BCUT2D eigenvalue weighted by Crippen LogP contribution is 2.31. The molecule has 1 atom stereocenters. The fraction of sp³-hybridized carbons (Fsp3) is 0.0571. The Hall–Kier alpha value is -4.69. The molecule has 0 saturated carbocycles. The van der Waals surface area contributed by atoms with E-state index in [0.29, 0.717) is 0 Å². The van der Waals surface area contributed by atoms with Crippen LogP contribution in [-0.2, 0) is 0 Å². The van der Waals surface area contributed by atoms with Gasteiger partial charge in [0.1, 0.15) is 5.84 Å². The number of rotatable bonds is 5. The maximum atomic E-state index is 5.08. The molecule has 1 N–H and O–H groups in total. The number of aliphatic imine (C=N–C) groups is 1. The van der Waals surface area contributed by atoms with Crippen molar-refractivity contribution in [1.29, 1.82) is 0 Å². The average Bonchev–Trinajstić information content (AvgIpc) is 2.98. The molecule has 1 aliphatic rings. The maximum absolute atomic E-state index is 5.08. The minimum Gasteiger partial charge on any atom is -0.359 e. The van der Waals surface area contributed by atoms with Crippen molar-refractivity contribution in [3.05, 3.63) is 162 Å². The fourth-order valence-corrected chi connectivity index (χ4v) is 4.82. The summed E-state index contributed by atoms with van der Waals surface area (Å²) < 4.78 is 0. The van der Waals surface area contributed by atoms with Crippen LogP contribution in [0, 0.1) is 6.92 Å². The summed E-state index contributed by atoms with van der Waals surface area (Å²) in [5.74, 6) is 0.885. The number of aryl methyl sites for hydroxylation is 1. The number of hydrogen-bond donors (Lipinski definition) is 1. The molecule has 37 heavy (non-hydrogen) atoms. The Morgan fingerprint density at radius 1 is 0.514 bits per heavy atom.